The van der Waals surface area contributed by atoms with Gasteiger partial charge >= 0.3 is 6.03 Å². The number of nitrogens with zero attached hydrogens (tertiary/aromatic N) is 2. The van der Waals surface area contributed by atoms with Crippen LogP contribution in [0, 0.1) is 0 Å². The molecule has 2 saturated heterocycles. The van der Waals surface area contributed by atoms with E-state index in [9.17, 15) is 4.79 Å². The highest BCUT2D eigenvalue weighted by Gasteiger charge is 2.25. The number of benzene rings is 1. The summed E-state index contributed by atoms with van der Waals surface area (Å²) in [4.78, 5) is 16.9. The third kappa shape index (κ3) is 4.20. The topological polar surface area (TPSA) is 44.8 Å². The Kier molecular flexibility index (Phi) is 5.61. The average molecular weight is 331 g/mol. The fourth-order valence-electron chi connectivity index (χ4n) is 3.70. The van der Waals surface area contributed by atoms with Gasteiger partial charge < -0.3 is 19.9 Å². The Morgan fingerprint density at radius 3 is 2.33 bits per heavy atom. The van der Waals surface area contributed by atoms with E-state index >= 15 is 0 Å². The Bertz CT molecular complexity index is 545. The monoisotopic (exact) mass is 331 g/mol. The number of carbonyl (C=O) groups excluding carboxylic acids is 1. The lowest BCUT2D eigenvalue weighted by atomic mass is 10.1. The van der Waals surface area contributed by atoms with Gasteiger partial charge in [-0.3, -0.25) is 0 Å². The predicted molar refractivity (Wildman–Crippen MR) is 97.7 cm³/mol. The zero-order valence-electron chi connectivity index (χ0n) is 14.8. The Balaban J connectivity index is 1.72. The summed E-state index contributed by atoms with van der Waals surface area (Å²) in [5.41, 5.74) is 1.98. The van der Waals surface area contributed by atoms with E-state index < -0.39 is 0 Å². The van der Waals surface area contributed by atoms with E-state index in [2.05, 4.69) is 30.1 Å². The van der Waals surface area contributed by atoms with E-state index in [1.165, 1.54) is 12.8 Å². The molecule has 0 aromatic heterocycles. The van der Waals surface area contributed by atoms with E-state index in [0.717, 1.165) is 50.4 Å². The Morgan fingerprint density at radius 2 is 1.67 bits per heavy atom. The minimum atomic E-state index is 0.0266. The minimum Gasteiger partial charge on any atom is -0.372 e. The van der Waals surface area contributed by atoms with Gasteiger partial charge in [0.1, 0.15) is 0 Å². The number of para-hydroxylation sites is 2. The highest BCUT2D eigenvalue weighted by molar-refractivity contribution is 5.93. The van der Waals surface area contributed by atoms with Crippen molar-refractivity contribution in [1.82, 2.24) is 4.90 Å². The number of ether oxygens (including phenoxy) is 1. The lowest BCUT2D eigenvalue weighted by molar-refractivity contribution is -0.00517. The van der Waals surface area contributed by atoms with Crippen molar-refractivity contribution >= 4 is 17.4 Å². The smallest absolute Gasteiger partial charge is 0.321 e. The van der Waals surface area contributed by atoms with Gasteiger partial charge in [0.05, 0.1) is 23.6 Å². The van der Waals surface area contributed by atoms with E-state index in [-0.39, 0.29) is 18.2 Å². The third-order valence-corrected chi connectivity index (χ3v) is 4.80. The molecule has 1 aromatic carbocycles. The molecule has 0 unspecified atom stereocenters. The zero-order valence-corrected chi connectivity index (χ0v) is 14.8. The highest BCUT2D eigenvalue weighted by Crippen LogP contribution is 2.29. The number of likely N-dealkylation sites (tertiary alicyclic amines) is 1. The van der Waals surface area contributed by atoms with E-state index in [4.69, 9.17) is 4.74 Å². The highest BCUT2D eigenvalue weighted by atomic mass is 16.5. The van der Waals surface area contributed by atoms with Gasteiger partial charge in [0.15, 0.2) is 0 Å². The number of carbonyl (C=O) groups is 1. The maximum absolute atomic E-state index is 12.7. The molecule has 2 aliphatic rings. The molecule has 24 heavy (non-hydrogen) atoms. The molecule has 2 heterocycles. The van der Waals surface area contributed by atoms with Gasteiger partial charge in [0.25, 0.3) is 0 Å². The fraction of sp³-hybridized carbons (Fsp3) is 0.632. The Labute approximate surface area is 145 Å². The zero-order chi connectivity index (χ0) is 16.9. The number of morpholine rings is 1. The normalized spacial score (nSPS) is 25.2. The summed E-state index contributed by atoms with van der Waals surface area (Å²) < 4.78 is 5.83. The summed E-state index contributed by atoms with van der Waals surface area (Å²) >= 11 is 0. The van der Waals surface area contributed by atoms with Crippen molar-refractivity contribution < 1.29 is 9.53 Å². The van der Waals surface area contributed by atoms with Crippen LogP contribution in [0.1, 0.15) is 39.5 Å². The molecule has 0 aliphatic carbocycles. The molecule has 1 N–H and O–H groups in total. The van der Waals surface area contributed by atoms with Crippen molar-refractivity contribution in [3.63, 3.8) is 0 Å². The quantitative estimate of drug-likeness (QED) is 0.898. The first kappa shape index (κ1) is 17.1. The van der Waals surface area contributed by atoms with Crippen LogP contribution in [0.25, 0.3) is 0 Å². The van der Waals surface area contributed by atoms with Crippen LogP contribution in [0.15, 0.2) is 24.3 Å². The maximum Gasteiger partial charge on any atom is 0.321 e. The Hall–Kier alpha value is -1.75. The van der Waals surface area contributed by atoms with E-state index in [1.807, 2.05) is 23.1 Å². The SMILES string of the molecule is C[C@@H]1CN(c2ccccc2NC(=O)N2CCCCCC2)C[C@H](C)O1. The first-order chi connectivity index (χ1) is 11.6. The number of hydrogen-bond donors (Lipinski definition) is 1. The fourth-order valence-corrected chi connectivity index (χ4v) is 3.70. The second-order valence-electron chi connectivity index (χ2n) is 7.01. The molecule has 0 spiro atoms. The van der Waals surface area contributed by atoms with E-state index in [0.29, 0.717) is 0 Å². The summed E-state index contributed by atoms with van der Waals surface area (Å²) in [5, 5.41) is 3.14. The van der Waals surface area contributed by atoms with Crippen molar-refractivity contribution in [3.05, 3.63) is 24.3 Å². The maximum atomic E-state index is 12.7. The van der Waals surface area contributed by atoms with Crippen molar-refractivity contribution in [1.29, 1.82) is 0 Å². The molecule has 132 valence electrons. The van der Waals surface area contributed by atoms with Crippen LogP contribution in [-0.4, -0.2) is 49.3 Å². The van der Waals surface area contributed by atoms with Crippen molar-refractivity contribution in [3.8, 4) is 0 Å². The molecule has 2 atom stereocenters. The molecular formula is C19H29N3O2. The first-order valence-corrected chi connectivity index (χ1v) is 9.19. The number of amides is 2. The van der Waals surface area contributed by atoms with Gasteiger partial charge in [0.2, 0.25) is 0 Å². The van der Waals surface area contributed by atoms with E-state index in [1.54, 1.807) is 0 Å². The second-order valence-corrected chi connectivity index (χ2v) is 7.01. The molecular weight excluding hydrogens is 302 g/mol. The summed E-state index contributed by atoms with van der Waals surface area (Å²) in [6.45, 7) is 7.61. The van der Waals surface area contributed by atoms with Crippen LogP contribution in [-0.2, 0) is 4.74 Å². The number of nitrogens with one attached hydrogen (secondary N) is 1. The number of urea groups is 1. The van der Waals surface area contributed by atoms with Crippen LogP contribution < -0.4 is 10.2 Å². The van der Waals surface area contributed by atoms with Gasteiger partial charge in [-0.05, 0) is 38.8 Å². The largest absolute Gasteiger partial charge is 0.372 e. The van der Waals surface area contributed by atoms with Crippen molar-refractivity contribution in [2.24, 2.45) is 0 Å². The second kappa shape index (κ2) is 7.88. The summed E-state index contributed by atoms with van der Waals surface area (Å²) in [7, 11) is 0. The van der Waals surface area contributed by atoms with Gasteiger partial charge in [0, 0.05) is 26.2 Å². The predicted octanol–water partition coefficient (Wildman–Crippen LogP) is 3.71. The lowest BCUT2D eigenvalue weighted by Gasteiger charge is -2.37. The van der Waals surface area contributed by atoms with Gasteiger partial charge in [-0.25, -0.2) is 4.79 Å². The van der Waals surface area contributed by atoms with Crippen LogP contribution in [0.3, 0.4) is 0 Å². The molecule has 0 radical (unpaired) electrons. The van der Waals surface area contributed by atoms with Gasteiger partial charge in [-0.1, -0.05) is 25.0 Å². The molecule has 2 amide bonds. The molecule has 5 nitrogen and oxygen atoms in total. The van der Waals surface area contributed by atoms with Gasteiger partial charge in [-0.15, -0.1) is 0 Å². The summed E-state index contributed by atoms with van der Waals surface area (Å²) in [6, 6.07) is 8.12. The van der Waals surface area contributed by atoms with Crippen molar-refractivity contribution in [2.45, 2.75) is 51.7 Å². The van der Waals surface area contributed by atoms with Crippen LogP contribution in [0.4, 0.5) is 16.2 Å². The number of hydrogen-bond acceptors (Lipinski definition) is 3. The molecule has 2 fully saturated rings. The number of rotatable bonds is 2. The van der Waals surface area contributed by atoms with Crippen molar-refractivity contribution in [2.75, 3.05) is 36.4 Å². The van der Waals surface area contributed by atoms with Crippen LogP contribution in [0.2, 0.25) is 0 Å². The average Bonchev–Trinajstić information content (AvgIpc) is 2.84. The molecule has 3 rings (SSSR count). The molecule has 2 aliphatic heterocycles. The molecule has 1 aromatic rings. The standard InChI is InChI=1S/C19H29N3O2/c1-15-13-22(14-16(2)24-15)18-10-6-5-9-17(18)20-19(23)21-11-7-3-4-8-12-21/h5-6,9-10,15-16H,3-4,7-8,11-14H2,1-2H3,(H,20,23)/t15-,16+. The molecule has 5 heteroatoms. The molecule has 0 bridgehead atoms. The first-order valence-electron chi connectivity index (χ1n) is 9.19. The lowest BCUT2D eigenvalue weighted by Crippen LogP contribution is -2.46. The van der Waals surface area contributed by atoms with Crippen LogP contribution >= 0.6 is 0 Å². The van der Waals surface area contributed by atoms with Crippen LogP contribution in [0.5, 0.6) is 0 Å². The molecule has 0 saturated carbocycles. The third-order valence-electron chi connectivity index (χ3n) is 4.80. The van der Waals surface area contributed by atoms with Gasteiger partial charge in [-0.2, -0.15) is 0 Å². The minimum absolute atomic E-state index is 0.0266. The Morgan fingerprint density at radius 1 is 1.04 bits per heavy atom. The summed E-state index contributed by atoms with van der Waals surface area (Å²) in [5.74, 6) is 0. The summed E-state index contributed by atoms with van der Waals surface area (Å²) in [6.07, 6.45) is 5.06. The number of anilines is 2.